The first-order valence-corrected chi connectivity index (χ1v) is 6.21. The highest BCUT2D eigenvalue weighted by Gasteiger charge is 2.17. The average molecular weight is 244 g/mol. The van der Waals surface area contributed by atoms with E-state index < -0.39 is 15.8 Å². The molecule has 0 radical (unpaired) electrons. The van der Waals surface area contributed by atoms with Gasteiger partial charge >= 0.3 is 5.97 Å². The largest absolute Gasteiger partial charge is 0.496 e. The number of methoxy groups -OCH3 is 1. The fourth-order valence-electron chi connectivity index (χ4n) is 1.21. The smallest absolute Gasteiger partial charge is 0.339 e. The number of rotatable bonds is 4. The van der Waals surface area contributed by atoms with Crippen molar-refractivity contribution in [2.24, 2.45) is 0 Å². The lowest BCUT2D eigenvalue weighted by Crippen LogP contribution is -2.06. The third-order valence-corrected chi connectivity index (χ3v) is 3.87. The molecule has 0 saturated heterocycles. The van der Waals surface area contributed by atoms with Gasteiger partial charge in [-0.05, 0) is 18.2 Å². The summed E-state index contributed by atoms with van der Waals surface area (Å²) in [6, 6.07) is 3.72. The summed E-state index contributed by atoms with van der Waals surface area (Å²) in [5.41, 5.74) is -0.0578. The molecule has 0 unspecified atom stereocenters. The van der Waals surface area contributed by atoms with E-state index in [1.165, 1.54) is 32.2 Å². The molecule has 1 rings (SSSR count). The van der Waals surface area contributed by atoms with E-state index in [2.05, 4.69) is 0 Å². The van der Waals surface area contributed by atoms with Crippen molar-refractivity contribution >= 4 is 15.8 Å². The summed E-state index contributed by atoms with van der Waals surface area (Å²) in [6.07, 6.45) is 0. The predicted molar refractivity (Wildman–Crippen MR) is 57.7 cm³/mol. The van der Waals surface area contributed by atoms with Crippen LogP contribution < -0.4 is 4.74 Å². The van der Waals surface area contributed by atoms with Crippen LogP contribution in [0.3, 0.4) is 0 Å². The molecule has 0 atom stereocenters. The Kier molecular flexibility index (Phi) is 3.54. The molecule has 1 aromatic rings. The van der Waals surface area contributed by atoms with E-state index in [9.17, 15) is 13.2 Å². The van der Waals surface area contributed by atoms with Crippen LogP contribution in [0.25, 0.3) is 0 Å². The third-order valence-electron chi connectivity index (χ3n) is 2.14. The fraction of sp³-hybridized carbons (Fsp3) is 0.300. The second-order valence-electron chi connectivity index (χ2n) is 3.07. The Morgan fingerprint density at radius 3 is 2.50 bits per heavy atom. The van der Waals surface area contributed by atoms with Crippen molar-refractivity contribution in [3.8, 4) is 5.75 Å². The molecule has 0 aliphatic carbocycles. The molecule has 0 spiro atoms. The van der Waals surface area contributed by atoms with Crippen molar-refractivity contribution < 1.29 is 23.1 Å². The van der Waals surface area contributed by atoms with E-state index in [0.717, 1.165) is 0 Å². The number of hydrogen-bond donors (Lipinski definition) is 1. The zero-order valence-electron chi connectivity index (χ0n) is 8.93. The summed E-state index contributed by atoms with van der Waals surface area (Å²) >= 11 is 0. The maximum Gasteiger partial charge on any atom is 0.339 e. The molecule has 0 saturated carbocycles. The second-order valence-corrected chi connectivity index (χ2v) is 5.35. The lowest BCUT2D eigenvalue weighted by molar-refractivity contribution is 0.0693. The van der Waals surface area contributed by atoms with Crippen LogP contribution in [0, 0.1) is 0 Å². The molecule has 6 heteroatoms. The zero-order valence-corrected chi connectivity index (χ0v) is 9.74. The van der Waals surface area contributed by atoms with Gasteiger partial charge in [0.2, 0.25) is 0 Å². The van der Waals surface area contributed by atoms with Gasteiger partial charge in [-0.1, -0.05) is 6.92 Å². The van der Waals surface area contributed by atoms with E-state index in [1.807, 2.05) is 0 Å². The Hall–Kier alpha value is -1.56. The van der Waals surface area contributed by atoms with Gasteiger partial charge in [0.1, 0.15) is 11.3 Å². The molecule has 0 fully saturated rings. The van der Waals surface area contributed by atoms with E-state index >= 15 is 0 Å². The maximum absolute atomic E-state index is 11.5. The third kappa shape index (κ3) is 2.33. The molecule has 0 aliphatic heterocycles. The SMILES string of the molecule is CCS(=O)(=O)c1ccc(C(=O)O)c(OC)c1. The predicted octanol–water partition coefficient (Wildman–Crippen LogP) is 1.19. The van der Waals surface area contributed by atoms with Gasteiger partial charge in [-0.3, -0.25) is 0 Å². The molecule has 1 aromatic carbocycles. The summed E-state index contributed by atoms with van der Waals surface area (Å²) in [5.74, 6) is -1.15. The molecule has 0 heterocycles. The van der Waals surface area contributed by atoms with Crippen LogP contribution in [0.1, 0.15) is 17.3 Å². The number of hydrogen-bond acceptors (Lipinski definition) is 4. The van der Waals surface area contributed by atoms with Gasteiger partial charge in [-0.2, -0.15) is 0 Å². The number of benzene rings is 1. The fourth-order valence-corrected chi connectivity index (χ4v) is 2.10. The number of ether oxygens (including phenoxy) is 1. The molecular weight excluding hydrogens is 232 g/mol. The van der Waals surface area contributed by atoms with E-state index in [0.29, 0.717) is 0 Å². The number of carboxylic acids is 1. The van der Waals surface area contributed by atoms with Gasteiger partial charge in [0.15, 0.2) is 9.84 Å². The lowest BCUT2D eigenvalue weighted by atomic mass is 10.2. The molecule has 1 N–H and O–H groups in total. The van der Waals surface area contributed by atoms with Crippen molar-refractivity contribution in [3.05, 3.63) is 23.8 Å². The first-order valence-electron chi connectivity index (χ1n) is 4.56. The highest BCUT2D eigenvalue weighted by Crippen LogP contribution is 2.23. The lowest BCUT2D eigenvalue weighted by Gasteiger charge is -2.07. The van der Waals surface area contributed by atoms with Crippen LogP contribution in [0.5, 0.6) is 5.75 Å². The quantitative estimate of drug-likeness (QED) is 0.860. The zero-order chi connectivity index (χ0) is 12.3. The van der Waals surface area contributed by atoms with Crippen molar-refractivity contribution in [2.45, 2.75) is 11.8 Å². The van der Waals surface area contributed by atoms with Gasteiger partial charge in [0, 0.05) is 0 Å². The summed E-state index contributed by atoms with van der Waals surface area (Å²) in [5, 5.41) is 8.82. The highest BCUT2D eigenvalue weighted by molar-refractivity contribution is 7.91. The van der Waals surface area contributed by atoms with Crippen molar-refractivity contribution in [1.82, 2.24) is 0 Å². The van der Waals surface area contributed by atoms with Crippen molar-refractivity contribution in [3.63, 3.8) is 0 Å². The summed E-state index contributed by atoms with van der Waals surface area (Å²) < 4.78 is 27.9. The van der Waals surface area contributed by atoms with Crippen LogP contribution in [0.15, 0.2) is 23.1 Å². The number of carboxylic acid groups (broad SMARTS) is 1. The Balaban J connectivity index is 3.35. The first-order chi connectivity index (χ1) is 7.42. The highest BCUT2D eigenvalue weighted by atomic mass is 32.2. The number of aromatic carboxylic acids is 1. The van der Waals surface area contributed by atoms with Crippen molar-refractivity contribution in [1.29, 1.82) is 0 Å². The van der Waals surface area contributed by atoms with E-state index in [4.69, 9.17) is 9.84 Å². The molecule has 0 bridgehead atoms. The topological polar surface area (TPSA) is 80.7 Å². The van der Waals surface area contributed by atoms with Crippen LogP contribution >= 0.6 is 0 Å². The van der Waals surface area contributed by atoms with Gasteiger partial charge in [-0.15, -0.1) is 0 Å². The Morgan fingerprint density at radius 1 is 1.44 bits per heavy atom. The Labute approximate surface area is 93.6 Å². The van der Waals surface area contributed by atoms with Crippen LogP contribution in [-0.4, -0.2) is 32.4 Å². The Morgan fingerprint density at radius 2 is 2.06 bits per heavy atom. The maximum atomic E-state index is 11.5. The number of sulfone groups is 1. The van der Waals surface area contributed by atoms with Crippen LogP contribution in [-0.2, 0) is 9.84 Å². The Bertz CT molecular complexity index is 504. The molecular formula is C10H12O5S. The van der Waals surface area contributed by atoms with E-state index in [-0.39, 0.29) is 22.0 Å². The second kappa shape index (κ2) is 4.52. The first kappa shape index (κ1) is 12.5. The normalized spacial score (nSPS) is 11.1. The molecule has 0 amide bonds. The molecule has 0 aromatic heterocycles. The minimum absolute atomic E-state index is 0.0391. The van der Waals surface area contributed by atoms with Crippen LogP contribution in [0.4, 0.5) is 0 Å². The monoisotopic (exact) mass is 244 g/mol. The summed E-state index contributed by atoms with van der Waals surface area (Å²) in [7, 11) is -2.05. The average Bonchev–Trinajstić information content (AvgIpc) is 2.27. The van der Waals surface area contributed by atoms with Gasteiger partial charge < -0.3 is 9.84 Å². The number of carbonyl (C=O) groups is 1. The minimum Gasteiger partial charge on any atom is -0.496 e. The summed E-state index contributed by atoms with van der Waals surface area (Å²) in [6.45, 7) is 1.52. The molecule has 5 nitrogen and oxygen atoms in total. The van der Waals surface area contributed by atoms with E-state index in [1.54, 1.807) is 0 Å². The molecule has 16 heavy (non-hydrogen) atoms. The van der Waals surface area contributed by atoms with Crippen molar-refractivity contribution in [2.75, 3.05) is 12.9 Å². The van der Waals surface area contributed by atoms with Gasteiger partial charge in [0.25, 0.3) is 0 Å². The summed E-state index contributed by atoms with van der Waals surface area (Å²) in [4.78, 5) is 10.8. The van der Waals surface area contributed by atoms with Gasteiger partial charge in [-0.25, -0.2) is 13.2 Å². The molecule has 88 valence electrons. The van der Waals surface area contributed by atoms with Crippen LogP contribution in [0.2, 0.25) is 0 Å². The standard InChI is InChI=1S/C10H12O5S/c1-3-16(13,14)7-4-5-8(10(11)12)9(6-7)15-2/h4-6H,3H2,1-2H3,(H,11,12). The van der Waals surface area contributed by atoms with Gasteiger partial charge in [0.05, 0.1) is 17.8 Å². The molecule has 0 aliphatic rings. The minimum atomic E-state index is -3.35.